The molecule has 0 saturated carbocycles. The molecule has 0 fully saturated rings. The lowest BCUT2D eigenvalue weighted by Gasteiger charge is -2.13. The predicted octanol–water partition coefficient (Wildman–Crippen LogP) is -0.319. The summed E-state index contributed by atoms with van der Waals surface area (Å²) in [7, 11) is 0. The van der Waals surface area contributed by atoms with Crippen molar-refractivity contribution >= 4 is 23.8 Å². The standard InChI is InChI=1S/C11H16N4O4.C2HF3O2/c1-7(16)13-3-2-10(17)15-9(11(18)19)4-8-5-12-6-14-8;3-2(4,5)1(6)7/h5-6,9H,2-4H2,1H3,(H,12,14)(H,13,16)(H,15,17)(H,18,19);(H,6,7). The van der Waals surface area contributed by atoms with Gasteiger partial charge in [0.05, 0.1) is 12.0 Å². The van der Waals surface area contributed by atoms with Crippen molar-refractivity contribution in [1.82, 2.24) is 20.6 Å². The van der Waals surface area contributed by atoms with Crippen molar-refractivity contribution < 1.29 is 42.6 Å². The van der Waals surface area contributed by atoms with Crippen molar-refractivity contribution in [3.8, 4) is 0 Å². The van der Waals surface area contributed by atoms with E-state index in [4.69, 9.17) is 15.0 Å². The molecule has 1 atom stereocenters. The number of nitrogens with one attached hydrogen (secondary N) is 3. The van der Waals surface area contributed by atoms with Gasteiger partial charge in [0, 0.05) is 32.5 Å². The number of alkyl halides is 3. The highest BCUT2D eigenvalue weighted by Crippen LogP contribution is 2.13. The van der Waals surface area contributed by atoms with Gasteiger partial charge in [-0.15, -0.1) is 0 Å². The van der Waals surface area contributed by atoms with Crippen LogP contribution < -0.4 is 10.6 Å². The quantitative estimate of drug-likeness (QED) is 0.432. The molecule has 1 heterocycles. The second kappa shape index (κ2) is 10.7. The third-order valence-corrected chi connectivity index (χ3v) is 2.57. The molecule has 0 spiro atoms. The second-order valence-corrected chi connectivity index (χ2v) is 4.76. The van der Waals surface area contributed by atoms with Crippen LogP contribution in [0.15, 0.2) is 12.5 Å². The van der Waals surface area contributed by atoms with Crippen molar-refractivity contribution in [2.75, 3.05) is 6.54 Å². The van der Waals surface area contributed by atoms with Gasteiger partial charge in [-0.05, 0) is 0 Å². The second-order valence-electron chi connectivity index (χ2n) is 4.76. The molecule has 0 radical (unpaired) electrons. The van der Waals surface area contributed by atoms with Crippen LogP contribution in [0.25, 0.3) is 0 Å². The normalized spacial score (nSPS) is 11.5. The van der Waals surface area contributed by atoms with Crippen LogP contribution in [0.2, 0.25) is 0 Å². The van der Waals surface area contributed by atoms with Gasteiger partial charge in [0.25, 0.3) is 0 Å². The van der Waals surface area contributed by atoms with Gasteiger partial charge in [-0.25, -0.2) is 14.6 Å². The Kier molecular flexibility index (Phi) is 9.40. The van der Waals surface area contributed by atoms with E-state index in [9.17, 15) is 27.6 Å². The molecule has 1 aromatic heterocycles. The van der Waals surface area contributed by atoms with Crippen LogP contribution in [0.4, 0.5) is 13.2 Å². The summed E-state index contributed by atoms with van der Waals surface area (Å²) in [5.74, 6) is -4.56. The minimum Gasteiger partial charge on any atom is -0.480 e. The maximum absolute atomic E-state index is 11.5. The lowest BCUT2D eigenvalue weighted by Crippen LogP contribution is -2.43. The molecular weight excluding hydrogens is 365 g/mol. The number of aliphatic carboxylic acids is 2. The Labute approximate surface area is 144 Å². The van der Waals surface area contributed by atoms with Gasteiger partial charge in [0.15, 0.2) is 0 Å². The maximum Gasteiger partial charge on any atom is 0.490 e. The predicted molar refractivity (Wildman–Crippen MR) is 78.8 cm³/mol. The Hall–Kier alpha value is -3.12. The molecule has 0 aromatic carbocycles. The summed E-state index contributed by atoms with van der Waals surface area (Å²) in [6.45, 7) is 1.52. The van der Waals surface area contributed by atoms with Crippen LogP contribution in [0.5, 0.6) is 0 Å². The maximum atomic E-state index is 11.5. The number of nitrogens with zero attached hydrogens (tertiary/aromatic N) is 1. The molecule has 146 valence electrons. The molecule has 5 N–H and O–H groups in total. The molecule has 13 heteroatoms. The van der Waals surface area contributed by atoms with Crippen LogP contribution in [0, 0.1) is 0 Å². The fourth-order valence-corrected chi connectivity index (χ4v) is 1.43. The molecule has 26 heavy (non-hydrogen) atoms. The van der Waals surface area contributed by atoms with Crippen molar-refractivity contribution in [3.63, 3.8) is 0 Å². The average molecular weight is 382 g/mol. The summed E-state index contributed by atoms with van der Waals surface area (Å²) >= 11 is 0. The van der Waals surface area contributed by atoms with Gasteiger partial charge in [0.1, 0.15) is 6.04 Å². The average Bonchev–Trinajstić information content (AvgIpc) is 2.98. The van der Waals surface area contributed by atoms with Crippen molar-refractivity contribution in [3.05, 3.63) is 18.2 Å². The summed E-state index contributed by atoms with van der Waals surface area (Å²) in [5, 5.41) is 21.0. The number of carbonyl (C=O) groups excluding carboxylic acids is 2. The third kappa shape index (κ3) is 10.6. The highest BCUT2D eigenvalue weighted by atomic mass is 19.4. The van der Waals surface area contributed by atoms with E-state index < -0.39 is 30.1 Å². The van der Waals surface area contributed by atoms with E-state index in [2.05, 4.69) is 20.6 Å². The van der Waals surface area contributed by atoms with E-state index in [1.165, 1.54) is 13.3 Å². The van der Waals surface area contributed by atoms with Gasteiger partial charge < -0.3 is 25.8 Å². The van der Waals surface area contributed by atoms with E-state index in [0.717, 1.165) is 0 Å². The minimum absolute atomic E-state index is 0.0317. The monoisotopic (exact) mass is 382 g/mol. The zero-order valence-corrected chi connectivity index (χ0v) is 13.5. The first kappa shape index (κ1) is 22.9. The summed E-state index contributed by atoms with van der Waals surface area (Å²) in [6, 6.07) is -1.03. The Bertz CT molecular complexity index is 618. The molecule has 2 amide bonds. The number of H-pyrrole nitrogens is 1. The van der Waals surface area contributed by atoms with Gasteiger partial charge in [-0.1, -0.05) is 0 Å². The van der Waals surface area contributed by atoms with E-state index >= 15 is 0 Å². The first-order valence-corrected chi connectivity index (χ1v) is 6.97. The molecule has 0 aliphatic heterocycles. The third-order valence-electron chi connectivity index (χ3n) is 2.57. The van der Waals surface area contributed by atoms with Crippen LogP contribution in [0.3, 0.4) is 0 Å². The number of aromatic amines is 1. The van der Waals surface area contributed by atoms with E-state index in [1.807, 2.05) is 0 Å². The summed E-state index contributed by atoms with van der Waals surface area (Å²) in [6.07, 6.45) is -1.94. The highest BCUT2D eigenvalue weighted by Gasteiger charge is 2.38. The van der Waals surface area contributed by atoms with Gasteiger partial charge in [0.2, 0.25) is 11.8 Å². The Morgan fingerprint density at radius 3 is 2.23 bits per heavy atom. The number of imidazole rings is 1. The van der Waals surface area contributed by atoms with Crippen LogP contribution in [-0.2, 0) is 25.6 Å². The zero-order chi connectivity index (χ0) is 20.3. The summed E-state index contributed by atoms with van der Waals surface area (Å²) in [4.78, 5) is 48.7. The number of aromatic nitrogens is 2. The Balaban J connectivity index is 0.000000758. The van der Waals surface area contributed by atoms with Crippen molar-refractivity contribution in [2.45, 2.75) is 32.0 Å². The number of hydrogen-bond donors (Lipinski definition) is 5. The van der Waals surface area contributed by atoms with E-state index in [-0.39, 0.29) is 25.3 Å². The van der Waals surface area contributed by atoms with E-state index in [0.29, 0.717) is 5.69 Å². The van der Waals surface area contributed by atoms with E-state index in [1.54, 1.807) is 6.20 Å². The molecule has 1 aromatic rings. The minimum atomic E-state index is -5.08. The largest absolute Gasteiger partial charge is 0.490 e. The summed E-state index contributed by atoms with van der Waals surface area (Å²) in [5.41, 5.74) is 0.551. The fourth-order valence-electron chi connectivity index (χ4n) is 1.43. The van der Waals surface area contributed by atoms with Crippen molar-refractivity contribution in [2.24, 2.45) is 0 Å². The lowest BCUT2D eigenvalue weighted by atomic mass is 10.1. The number of carbonyl (C=O) groups is 4. The molecule has 0 aliphatic rings. The molecular formula is C13H17F3N4O6. The Morgan fingerprint density at radius 2 is 1.85 bits per heavy atom. The molecule has 0 saturated heterocycles. The SMILES string of the molecule is CC(=O)NCCC(=O)NC(Cc1c[nH]cn1)C(=O)O.O=C(O)C(F)(F)F. The lowest BCUT2D eigenvalue weighted by molar-refractivity contribution is -0.192. The van der Waals surface area contributed by atoms with Crippen LogP contribution in [-0.4, -0.2) is 62.7 Å². The Morgan fingerprint density at radius 1 is 1.27 bits per heavy atom. The number of carboxylic acids is 2. The molecule has 0 aliphatic carbocycles. The first-order valence-electron chi connectivity index (χ1n) is 6.97. The highest BCUT2D eigenvalue weighted by molar-refractivity contribution is 5.84. The molecule has 1 rings (SSSR count). The fraction of sp³-hybridized carbons (Fsp3) is 0.462. The smallest absolute Gasteiger partial charge is 0.480 e. The van der Waals surface area contributed by atoms with Gasteiger partial charge >= 0.3 is 18.1 Å². The molecule has 10 nitrogen and oxygen atoms in total. The first-order chi connectivity index (χ1) is 11.9. The van der Waals surface area contributed by atoms with Gasteiger partial charge in [-0.2, -0.15) is 13.2 Å². The summed E-state index contributed by atoms with van der Waals surface area (Å²) < 4.78 is 31.7. The van der Waals surface area contributed by atoms with Crippen LogP contribution >= 0.6 is 0 Å². The number of hydrogen-bond acceptors (Lipinski definition) is 5. The molecule has 1 unspecified atom stereocenters. The number of carboxylic acid groups (broad SMARTS) is 2. The van der Waals surface area contributed by atoms with Crippen molar-refractivity contribution in [1.29, 1.82) is 0 Å². The van der Waals surface area contributed by atoms with Gasteiger partial charge in [-0.3, -0.25) is 9.59 Å². The molecule has 0 bridgehead atoms. The zero-order valence-electron chi connectivity index (χ0n) is 13.5. The number of rotatable bonds is 7. The number of halogens is 3. The topological polar surface area (TPSA) is 161 Å². The number of amides is 2. The van der Waals surface area contributed by atoms with Crippen LogP contribution in [0.1, 0.15) is 19.0 Å².